The number of nitrogens with one attached hydrogen (secondary N) is 1. The summed E-state index contributed by atoms with van der Waals surface area (Å²) >= 11 is 0. The van der Waals surface area contributed by atoms with E-state index >= 15 is 0 Å². The number of rotatable bonds is 5. The molecule has 1 aromatic carbocycles. The van der Waals surface area contributed by atoms with E-state index < -0.39 is 29.9 Å². The molecule has 2 N–H and O–H groups in total. The molecule has 0 unspecified atom stereocenters. The van der Waals surface area contributed by atoms with Crippen LogP contribution in [0.25, 0.3) is 11.1 Å². The van der Waals surface area contributed by atoms with Crippen molar-refractivity contribution in [1.82, 2.24) is 15.0 Å². The zero-order chi connectivity index (χ0) is 23.8. The number of nitrogens with zero attached hydrogens (tertiary/aromatic N) is 3. The first kappa shape index (κ1) is 21.9. The number of alkyl halides is 1. The highest BCUT2D eigenvalue weighted by Gasteiger charge is 2.53. The van der Waals surface area contributed by atoms with Crippen LogP contribution in [0.15, 0.2) is 55.1 Å². The quantitative estimate of drug-likeness (QED) is 0.552. The van der Waals surface area contributed by atoms with Gasteiger partial charge in [0.25, 0.3) is 5.91 Å². The lowest BCUT2D eigenvalue weighted by molar-refractivity contribution is -0.144. The molecule has 1 fully saturated rings. The van der Waals surface area contributed by atoms with Crippen LogP contribution in [0.4, 0.5) is 10.3 Å². The van der Waals surface area contributed by atoms with Crippen LogP contribution < -0.4 is 10.1 Å². The Balaban J connectivity index is 1.26. The van der Waals surface area contributed by atoms with Crippen molar-refractivity contribution in [2.24, 2.45) is 0 Å². The Morgan fingerprint density at radius 3 is 2.62 bits per heavy atom. The number of benzene rings is 1. The minimum atomic E-state index is -1.65. The molecule has 174 valence electrons. The Labute approximate surface area is 194 Å². The van der Waals surface area contributed by atoms with E-state index in [0.29, 0.717) is 29.7 Å². The maximum absolute atomic E-state index is 12.9. The Bertz CT molecular complexity index is 1240. The fraction of sp³-hybridized carbons (Fsp3) is 0.292. The molecular formula is C24H21FN4O5. The Morgan fingerprint density at radius 2 is 1.88 bits per heavy atom. The fourth-order valence-electron chi connectivity index (χ4n) is 4.50. The molecule has 3 aromatic rings. The molecule has 1 amide bonds. The molecule has 34 heavy (non-hydrogen) atoms. The topological polar surface area (TPSA) is 124 Å². The second-order valence-electron chi connectivity index (χ2n) is 8.37. The normalized spacial score (nSPS) is 23.3. The molecule has 0 radical (unpaired) electrons. The second kappa shape index (κ2) is 8.45. The van der Waals surface area contributed by atoms with Crippen molar-refractivity contribution in [2.45, 2.75) is 36.9 Å². The minimum Gasteiger partial charge on any atom is -0.463 e. The van der Waals surface area contributed by atoms with Crippen LogP contribution in [0.3, 0.4) is 0 Å². The largest absolute Gasteiger partial charge is 0.463 e. The van der Waals surface area contributed by atoms with Crippen LogP contribution in [0.1, 0.15) is 41.6 Å². The van der Waals surface area contributed by atoms with Gasteiger partial charge in [-0.05, 0) is 49.4 Å². The first-order valence-electron chi connectivity index (χ1n) is 10.8. The summed E-state index contributed by atoms with van der Waals surface area (Å²) in [6.45, 7) is -0.929. The number of carbonyl (C=O) groups excluding carboxylic acids is 2. The third-order valence-electron chi connectivity index (χ3n) is 6.39. The molecule has 0 bridgehead atoms. The molecule has 3 heterocycles. The maximum Gasteiger partial charge on any atom is 0.341 e. The summed E-state index contributed by atoms with van der Waals surface area (Å²) in [4.78, 5) is 37.4. The van der Waals surface area contributed by atoms with E-state index in [2.05, 4.69) is 20.3 Å². The van der Waals surface area contributed by atoms with Crippen LogP contribution in [0, 0.1) is 0 Å². The molecule has 0 atom stereocenters. The number of aliphatic hydroxyl groups is 1. The number of esters is 1. The van der Waals surface area contributed by atoms with Gasteiger partial charge < -0.3 is 14.6 Å². The molecular weight excluding hydrogens is 443 g/mol. The first-order valence-corrected chi connectivity index (χ1v) is 10.8. The molecule has 10 heteroatoms. The lowest BCUT2D eigenvalue weighted by atomic mass is 9.72. The SMILES string of the molecule is O=C1O[C@]2(CC[C@@](O)(C(=O)Nc3ncc(-c4cccc(OCF)c4)cn3)CC2)c2ccncc21. The summed E-state index contributed by atoms with van der Waals surface area (Å²) in [7, 11) is 0. The molecule has 2 aliphatic rings. The van der Waals surface area contributed by atoms with Gasteiger partial charge in [-0.3, -0.25) is 15.1 Å². The van der Waals surface area contributed by atoms with Gasteiger partial charge in [-0.2, -0.15) is 0 Å². The summed E-state index contributed by atoms with van der Waals surface area (Å²) in [5.41, 5.74) is 0.0505. The van der Waals surface area contributed by atoms with Gasteiger partial charge in [0, 0.05) is 35.9 Å². The summed E-state index contributed by atoms with van der Waals surface area (Å²) in [5.74, 6) is -0.634. The lowest BCUT2D eigenvalue weighted by Crippen LogP contribution is -2.49. The number of pyridine rings is 1. The summed E-state index contributed by atoms with van der Waals surface area (Å²) in [6.07, 6.45) is 6.92. The monoisotopic (exact) mass is 464 g/mol. The number of hydrogen-bond acceptors (Lipinski definition) is 8. The van der Waals surface area contributed by atoms with Gasteiger partial charge >= 0.3 is 5.97 Å². The summed E-state index contributed by atoms with van der Waals surface area (Å²) < 4.78 is 22.9. The number of ether oxygens (including phenoxy) is 2. The first-order chi connectivity index (χ1) is 16.4. The number of anilines is 1. The molecule has 1 saturated carbocycles. The highest BCUT2D eigenvalue weighted by Crippen LogP contribution is 2.49. The van der Waals surface area contributed by atoms with Gasteiger partial charge in [0.15, 0.2) is 0 Å². The van der Waals surface area contributed by atoms with E-state index in [1.807, 2.05) is 0 Å². The van der Waals surface area contributed by atoms with Crippen LogP contribution in [0.2, 0.25) is 0 Å². The van der Waals surface area contributed by atoms with E-state index in [-0.39, 0.29) is 18.8 Å². The van der Waals surface area contributed by atoms with E-state index in [1.165, 1.54) is 18.6 Å². The van der Waals surface area contributed by atoms with Crippen molar-refractivity contribution < 1.29 is 28.6 Å². The van der Waals surface area contributed by atoms with Crippen molar-refractivity contribution in [3.05, 3.63) is 66.2 Å². The van der Waals surface area contributed by atoms with Crippen molar-refractivity contribution in [2.75, 3.05) is 12.2 Å². The van der Waals surface area contributed by atoms with Crippen LogP contribution in [-0.4, -0.2) is 44.4 Å². The number of amides is 1. The molecule has 1 aliphatic heterocycles. The summed E-state index contributed by atoms with van der Waals surface area (Å²) in [5, 5.41) is 13.6. The third kappa shape index (κ3) is 3.86. The lowest BCUT2D eigenvalue weighted by Gasteiger charge is -2.40. The van der Waals surface area contributed by atoms with Gasteiger partial charge in [0.1, 0.15) is 17.0 Å². The Hall–Kier alpha value is -3.92. The second-order valence-corrected chi connectivity index (χ2v) is 8.37. The number of halogens is 1. The van der Waals surface area contributed by atoms with E-state index in [0.717, 1.165) is 11.1 Å². The zero-order valence-corrected chi connectivity index (χ0v) is 18.0. The number of hydrogen-bond donors (Lipinski definition) is 2. The van der Waals surface area contributed by atoms with Crippen LogP contribution >= 0.6 is 0 Å². The smallest absolute Gasteiger partial charge is 0.341 e. The van der Waals surface area contributed by atoms with Crippen molar-refractivity contribution >= 4 is 17.8 Å². The average molecular weight is 464 g/mol. The fourth-order valence-corrected chi connectivity index (χ4v) is 4.50. The number of fused-ring (bicyclic) bond motifs is 2. The molecule has 0 saturated heterocycles. The Kier molecular flexibility index (Phi) is 5.45. The van der Waals surface area contributed by atoms with Gasteiger partial charge in [-0.1, -0.05) is 12.1 Å². The number of aromatic nitrogens is 3. The van der Waals surface area contributed by atoms with Crippen molar-refractivity contribution in [3.8, 4) is 16.9 Å². The maximum atomic E-state index is 12.9. The van der Waals surface area contributed by atoms with Gasteiger partial charge in [-0.25, -0.2) is 19.2 Å². The molecule has 1 aliphatic carbocycles. The molecule has 5 rings (SSSR count). The summed E-state index contributed by atoms with van der Waals surface area (Å²) in [6, 6.07) is 8.56. The van der Waals surface area contributed by atoms with Crippen LogP contribution in [-0.2, 0) is 15.1 Å². The molecule has 9 nitrogen and oxygen atoms in total. The highest BCUT2D eigenvalue weighted by atomic mass is 19.1. The van der Waals surface area contributed by atoms with Gasteiger partial charge in [0.2, 0.25) is 12.8 Å². The van der Waals surface area contributed by atoms with E-state index in [1.54, 1.807) is 36.5 Å². The van der Waals surface area contributed by atoms with Crippen molar-refractivity contribution in [3.63, 3.8) is 0 Å². The Morgan fingerprint density at radius 1 is 1.12 bits per heavy atom. The number of carbonyl (C=O) groups is 2. The molecule has 2 aromatic heterocycles. The van der Waals surface area contributed by atoms with Gasteiger partial charge in [0.05, 0.1) is 5.56 Å². The van der Waals surface area contributed by atoms with Gasteiger partial charge in [-0.15, -0.1) is 0 Å². The van der Waals surface area contributed by atoms with Crippen molar-refractivity contribution in [1.29, 1.82) is 0 Å². The minimum absolute atomic E-state index is 0.0438. The van der Waals surface area contributed by atoms with E-state index in [9.17, 15) is 19.1 Å². The predicted octanol–water partition coefficient (Wildman–Crippen LogP) is 3.15. The third-order valence-corrected chi connectivity index (χ3v) is 6.39. The zero-order valence-electron chi connectivity index (χ0n) is 18.0. The predicted molar refractivity (Wildman–Crippen MR) is 117 cm³/mol. The average Bonchev–Trinajstić information content (AvgIpc) is 3.14. The van der Waals surface area contributed by atoms with Crippen LogP contribution in [0.5, 0.6) is 5.75 Å². The standard InChI is InChI=1S/C24H21FN4O5/c25-14-33-17-3-1-2-15(10-17)16-11-27-22(28-12-16)29-21(31)23(32)5-7-24(8-6-23)19-4-9-26-13-18(19)20(30)34-24/h1-4,9-13,32H,5-8,14H2,(H,27,28,29,31)/t23-,24-. The highest BCUT2D eigenvalue weighted by molar-refractivity contribution is 5.96. The molecule has 1 spiro atoms. The van der Waals surface area contributed by atoms with E-state index in [4.69, 9.17) is 9.47 Å².